The summed E-state index contributed by atoms with van der Waals surface area (Å²) in [4.78, 5) is 22.2. The Morgan fingerprint density at radius 1 is 1.29 bits per heavy atom. The third-order valence-corrected chi connectivity index (χ3v) is 5.94. The van der Waals surface area contributed by atoms with Crippen LogP contribution in [-0.4, -0.2) is 21.6 Å². The molecule has 5 nitrogen and oxygen atoms in total. The molecule has 1 aliphatic rings. The van der Waals surface area contributed by atoms with E-state index in [4.69, 9.17) is 16.3 Å². The van der Waals surface area contributed by atoms with Gasteiger partial charge in [0.2, 0.25) is 0 Å². The highest BCUT2D eigenvalue weighted by molar-refractivity contribution is 6.32. The summed E-state index contributed by atoms with van der Waals surface area (Å²) in [5.41, 5.74) is 4.77. The van der Waals surface area contributed by atoms with Gasteiger partial charge in [0.15, 0.2) is 5.65 Å². The second kappa shape index (κ2) is 7.21. The van der Waals surface area contributed by atoms with Crippen molar-refractivity contribution in [2.45, 2.75) is 46.1 Å². The average Bonchev–Trinajstić information content (AvgIpc) is 3.51. The smallest absolute Gasteiger partial charge is 0.273 e. The molecule has 3 aromatic rings. The first kappa shape index (κ1) is 18.9. The normalized spacial score (nSPS) is 15.0. The van der Waals surface area contributed by atoms with Gasteiger partial charge in [-0.2, -0.15) is 0 Å². The van der Waals surface area contributed by atoms with E-state index in [9.17, 15) is 4.79 Å². The number of aromatic nitrogens is 3. The molecule has 1 atom stereocenters. The molecule has 28 heavy (non-hydrogen) atoms. The molecule has 1 aliphatic carbocycles. The molecule has 0 aliphatic heterocycles. The van der Waals surface area contributed by atoms with Crippen LogP contribution in [0, 0.1) is 19.8 Å². The molecule has 0 amide bonds. The van der Waals surface area contributed by atoms with E-state index in [0.29, 0.717) is 28.0 Å². The van der Waals surface area contributed by atoms with Gasteiger partial charge in [0.1, 0.15) is 17.0 Å². The zero-order valence-electron chi connectivity index (χ0n) is 16.6. The van der Waals surface area contributed by atoms with Crippen LogP contribution >= 0.6 is 11.6 Å². The lowest BCUT2D eigenvalue weighted by atomic mass is 9.99. The van der Waals surface area contributed by atoms with E-state index in [1.165, 1.54) is 12.8 Å². The zero-order chi connectivity index (χ0) is 20.0. The summed E-state index contributed by atoms with van der Waals surface area (Å²) in [7, 11) is 1.61. The van der Waals surface area contributed by atoms with Gasteiger partial charge in [0.05, 0.1) is 12.1 Å². The third kappa shape index (κ3) is 3.08. The summed E-state index contributed by atoms with van der Waals surface area (Å²) >= 11 is 6.40. The van der Waals surface area contributed by atoms with Crippen LogP contribution in [0.15, 0.2) is 29.2 Å². The highest BCUT2D eigenvalue weighted by atomic mass is 35.5. The van der Waals surface area contributed by atoms with E-state index in [2.05, 4.69) is 16.9 Å². The van der Waals surface area contributed by atoms with E-state index in [1.807, 2.05) is 29.7 Å². The molecule has 1 fully saturated rings. The van der Waals surface area contributed by atoms with Crippen LogP contribution in [0.4, 0.5) is 0 Å². The lowest BCUT2D eigenvalue weighted by Gasteiger charge is -2.21. The van der Waals surface area contributed by atoms with Crippen LogP contribution in [0.5, 0.6) is 5.75 Å². The fourth-order valence-electron chi connectivity index (χ4n) is 4.05. The summed E-state index contributed by atoms with van der Waals surface area (Å²) in [6, 6.07) is 5.92. The van der Waals surface area contributed by atoms with Gasteiger partial charge in [-0.25, -0.2) is 9.97 Å². The number of rotatable bonds is 5. The molecular weight excluding hydrogens is 374 g/mol. The number of ether oxygens (including phenoxy) is 1. The Kier molecular flexibility index (Phi) is 4.88. The van der Waals surface area contributed by atoms with Crippen LogP contribution < -0.4 is 10.3 Å². The Hall–Kier alpha value is -2.40. The number of nitrogens with zero attached hydrogens (tertiary/aromatic N) is 3. The first-order chi connectivity index (χ1) is 13.5. The lowest BCUT2D eigenvalue weighted by molar-refractivity contribution is 0.415. The van der Waals surface area contributed by atoms with Crippen molar-refractivity contribution in [1.29, 1.82) is 0 Å². The van der Waals surface area contributed by atoms with Crippen molar-refractivity contribution < 1.29 is 4.74 Å². The standard InChI is InChI=1S/C22H24ClN3O2/c1-5-18(14-6-7-14)26-21-20(25-13(3)22(26)27)15(8-9-24-21)16-11-17(23)19(28-4)10-12(16)2/h8-11,14,18H,5-7H2,1-4H3. The van der Waals surface area contributed by atoms with Crippen molar-refractivity contribution in [3.05, 3.63) is 51.0 Å². The zero-order valence-corrected chi connectivity index (χ0v) is 17.4. The number of halogens is 1. The summed E-state index contributed by atoms with van der Waals surface area (Å²) in [6.45, 7) is 5.93. The van der Waals surface area contributed by atoms with Crippen LogP contribution in [0.3, 0.4) is 0 Å². The van der Waals surface area contributed by atoms with Gasteiger partial charge in [-0.3, -0.25) is 9.36 Å². The molecule has 1 aromatic carbocycles. The van der Waals surface area contributed by atoms with Crippen molar-refractivity contribution in [2.75, 3.05) is 7.11 Å². The number of hydrogen-bond acceptors (Lipinski definition) is 4. The first-order valence-electron chi connectivity index (χ1n) is 9.68. The molecule has 0 bridgehead atoms. The van der Waals surface area contributed by atoms with Crippen molar-refractivity contribution in [3.8, 4) is 16.9 Å². The second-order valence-electron chi connectivity index (χ2n) is 7.52. The fourth-order valence-corrected chi connectivity index (χ4v) is 4.29. The summed E-state index contributed by atoms with van der Waals surface area (Å²) in [6.07, 6.45) is 4.99. The predicted octanol–water partition coefficient (Wildman–Crippen LogP) is 5.10. The van der Waals surface area contributed by atoms with Crippen LogP contribution in [0.2, 0.25) is 5.02 Å². The first-order valence-corrected chi connectivity index (χ1v) is 10.1. The van der Waals surface area contributed by atoms with E-state index < -0.39 is 0 Å². The van der Waals surface area contributed by atoms with Gasteiger partial charge in [-0.1, -0.05) is 18.5 Å². The molecule has 1 unspecified atom stereocenters. The topological polar surface area (TPSA) is 57.0 Å². The third-order valence-electron chi connectivity index (χ3n) is 5.65. The maximum Gasteiger partial charge on any atom is 0.273 e. The Balaban J connectivity index is 2.01. The van der Waals surface area contributed by atoms with Gasteiger partial charge in [0.25, 0.3) is 5.56 Å². The average molecular weight is 398 g/mol. The molecule has 0 N–H and O–H groups in total. The number of fused-ring (bicyclic) bond motifs is 1. The Morgan fingerprint density at radius 2 is 2.04 bits per heavy atom. The van der Waals surface area contributed by atoms with Crippen molar-refractivity contribution in [2.24, 2.45) is 5.92 Å². The quantitative estimate of drug-likeness (QED) is 0.601. The van der Waals surface area contributed by atoms with E-state index >= 15 is 0 Å². The number of pyridine rings is 1. The fraction of sp³-hybridized carbons (Fsp3) is 0.409. The SMILES string of the molecule is CCC(C1CC1)n1c(=O)c(C)nc2c(-c3cc(Cl)c(OC)cc3C)ccnc21. The molecule has 2 aromatic heterocycles. The number of hydrogen-bond donors (Lipinski definition) is 0. The van der Waals surface area contributed by atoms with Gasteiger partial charge in [-0.05, 0) is 68.4 Å². The summed E-state index contributed by atoms with van der Waals surface area (Å²) < 4.78 is 7.21. The predicted molar refractivity (Wildman–Crippen MR) is 112 cm³/mol. The van der Waals surface area contributed by atoms with Crippen molar-refractivity contribution >= 4 is 22.8 Å². The minimum Gasteiger partial charge on any atom is -0.495 e. The second-order valence-corrected chi connectivity index (χ2v) is 7.92. The molecular formula is C22H24ClN3O2. The highest BCUT2D eigenvalue weighted by Gasteiger charge is 2.33. The monoisotopic (exact) mass is 397 g/mol. The van der Waals surface area contributed by atoms with Gasteiger partial charge >= 0.3 is 0 Å². The maximum absolute atomic E-state index is 13.0. The molecule has 4 rings (SSSR count). The number of aryl methyl sites for hydroxylation is 2. The highest BCUT2D eigenvalue weighted by Crippen LogP contribution is 2.42. The summed E-state index contributed by atoms with van der Waals surface area (Å²) in [5.74, 6) is 1.19. The van der Waals surface area contributed by atoms with Gasteiger partial charge in [0, 0.05) is 17.8 Å². The van der Waals surface area contributed by atoms with E-state index in [1.54, 1.807) is 20.2 Å². The van der Waals surface area contributed by atoms with Crippen LogP contribution in [0.1, 0.15) is 43.5 Å². The Labute approximate surface area is 169 Å². The van der Waals surface area contributed by atoms with Gasteiger partial charge < -0.3 is 4.74 Å². The molecule has 6 heteroatoms. The van der Waals surface area contributed by atoms with Crippen molar-refractivity contribution in [1.82, 2.24) is 14.5 Å². The number of methoxy groups -OCH3 is 1. The molecule has 1 saturated carbocycles. The minimum absolute atomic E-state index is 0.0413. The van der Waals surface area contributed by atoms with Crippen LogP contribution in [0.25, 0.3) is 22.3 Å². The van der Waals surface area contributed by atoms with Crippen LogP contribution in [-0.2, 0) is 0 Å². The van der Waals surface area contributed by atoms with Crippen molar-refractivity contribution in [3.63, 3.8) is 0 Å². The van der Waals surface area contributed by atoms with E-state index in [-0.39, 0.29) is 11.6 Å². The number of benzene rings is 1. The minimum atomic E-state index is -0.0413. The van der Waals surface area contributed by atoms with E-state index in [0.717, 1.165) is 28.6 Å². The Morgan fingerprint density at radius 3 is 2.68 bits per heavy atom. The Bertz CT molecular complexity index is 1120. The molecule has 0 saturated heterocycles. The maximum atomic E-state index is 13.0. The van der Waals surface area contributed by atoms with Gasteiger partial charge in [-0.15, -0.1) is 0 Å². The molecule has 0 spiro atoms. The summed E-state index contributed by atoms with van der Waals surface area (Å²) in [5, 5.41) is 0.544. The lowest BCUT2D eigenvalue weighted by Crippen LogP contribution is -2.29. The molecule has 0 radical (unpaired) electrons. The molecule has 2 heterocycles. The largest absolute Gasteiger partial charge is 0.495 e. The molecule has 146 valence electrons.